The molecule has 3 N–H and O–H groups in total. The predicted octanol–water partition coefficient (Wildman–Crippen LogP) is 2.53. The van der Waals surface area contributed by atoms with Crippen LogP contribution in [0.2, 0.25) is 0 Å². The van der Waals surface area contributed by atoms with Gasteiger partial charge in [0.25, 0.3) is 0 Å². The Hall–Kier alpha value is -1.75. The molecule has 0 radical (unpaired) electrons. The molecule has 1 heterocycles. The average molecular weight is 534 g/mol. The van der Waals surface area contributed by atoms with Gasteiger partial charge in [-0.25, -0.2) is 4.79 Å². The van der Waals surface area contributed by atoms with Gasteiger partial charge in [-0.1, -0.05) is 12.1 Å². The number of carbonyl (C=O) groups excluding carboxylic acids is 1. The van der Waals surface area contributed by atoms with Gasteiger partial charge in [-0.05, 0) is 51.3 Å². The number of rotatable bonds is 8. The number of guanidine groups is 1. The van der Waals surface area contributed by atoms with Gasteiger partial charge in [0.2, 0.25) is 0 Å². The first kappa shape index (κ1) is 26.3. The number of aryl methyl sites for hydroxylation is 1. The molecule has 1 aliphatic heterocycles. The molecular weight excluding hydrogens is 499 g/mol. The molecule has 0 spiro atoms. The Bertz CT molecular complexity index is 666. The van der Waals surface area contributed by atoms with E-state index in [1.54, 1.807) is 4.90 Å². The van der Waals surface area contributed by atoms with Crippen LogP contribution in [0.1, 0.15) is 32.3 Å². The fraction of sp³-hybridized carbons (Fsp3) is 0.619. The van der Waals surface area contributed by atoms with Crippen molar-refractivity contribution < 1.29 is 19.4 Å². The van der Waals surface area contributed by atoms with Gasteiger partial charge in [0, 0.05) is 25.7 Å². The van der Waals surface area contributed by atoms with Crippen molar-refractivity contribution in [3.8, 4) is 5.75 Å². The monoisotopic (exact) mass is 534 g/mol. The number of amides is 1. The quantitative estimate of drug-likeness (QED) is 0.270. The van der Waals surface area contributed by atoms with Crippen molar-refractivity contribution in [2.24, 2.45) is 4.99 Å². The third-order valence-electron chi connectivity index (χ3n) is 4.60. The Morgan fingerprint density at radius 1 is 1.33 bits per heavy atom. The smallest absolute Gasteiger partial charge is 0.409 e. The zero-order valence-electron chi connectivity index (χ0n) is 18.1. The van der Waals surface area contributed by atoms with Crippen molar-refractivity contribution in [1.29, 1.82) is 0 Å². The van der Waals surface area contributed by atoms with Gasteiger partial charge in [-0.3, -0.25) is 4.99 Å². The van der Waals surface area contributed by atoms with Crippen LogP contribution in [-0.4, -0.2) is 73.6 Å². The summed E-state index contributed by atoms with van der Waals surface area (Å²) in [6.07, 6.45) is 0.699. The number of likely N-dealkylation sites (tertiary alicyclic amines) is 1. The highest BCUT2D eigenvalue weighted by Crippen LogP contribution is 2.13. The van der Waals surface area contributed by atoms with Crippen LogP contribution in [0.4, 0.5) is 4.79 Å². The summed E-state index contributed by atoms with van der Waals surface area (Å²) in [7, 11) is 0. The number of nitrogens with one attached hydrogen (secondary N) is 2. The molecule has 9 heteroatoms. The van der Waals surface area contributed by atoms with Crippen LogP contribution in [0.25, 0.3) is 0 Å². The maximum Gasteiger partial charge on any atom is 0.409 e. The van der Waals surface area contributed by atoms with Crippen LogP contribution in [0.3, 0.4) is 0 Å². The van der Waals surface area contributed by atoms with E-state index in [0.717, 1.165) is 30.7 Å². The van der Waals surface area contributed by atoms with Crippen LogP contribution < -0.4 is 15.4 Å². The van der Waals surface area contributed by atoms with Crippen molar-refractivity contribution in [1.82, 2.24) is 15.5 Å². The van der Waals surface area contributed by atoms with E-state index in [1.807, 2.05) is 45.0 Å². The Balaban J connectivity index is 0.00000450. The molecule has 1 aromatic carbocycles. The molecular formula is C21H35IN4O4. The van der Waals surface area contributed by atoms with Crippen molar-refractivity contribution in [3.63, 3.8) is 0 Å². The maximum absolute atomic E-state index is 11.8. The van der Waals surface area contributed by atoms with E-state index >= 15 is 0 Å². The lowest BCUT2D eigenvalue weighted by atomic mass is 10.1. The zero-order valence-corrected chi connectivity index (χ0v) is 20.4. The SMILES string of the molecule is CCNC(=NCC(O)COc1cccc(C)c1)NC1CCN(C(=O)OCC)CC1.I. The van der Waals surface area contributed by atoms with Crippen LogP contribution in [0, 0.1) is 6.92 Å². The van der Waals surface area contributed by atoms with Crippen molar-refractivity contribution in [2.45, 2.75) is 45.8 Å². The number of ether oxygens (including phenoxy) is 2. The summed E-state index contributed by atoms with van der Waals surface area (Å²) in [4.78, 5) is 18.0. The lowest BCUT2D eigenvalue weighted by molar-refractivity contribution is 0.0962. The number of piperidine rings is 1. The minimum Gasteiger partial charge on any atom is -0.491 e. The van der Waals surface area contributed by atoms with E-state index in [-0.39, 0.29) is 49.3 Å². The van der Waals surface area contributed by atoms with Crippen LogP contribution in [0.15, 0.2) is 29.3 Å². The van der Waals surface area contributed by atoms with E-state index in [1.165, 1.54) is 0 Å². The van der Waals surface area contributed by atoms with E-state index in [4.69, 9.17) is 9.47 Å². The molecule has 0 aliphatic carbocycles. The molecule has 1 aliphatic rings. The lowest BCUT2D eigenvalue weighted by Crippen LogP contribution is -2.50. The summed E-state index contributed by atoms with van der Waals surface area (Å²) < 4.78 is 10.7. The van der Waals surface area contributed by atoms with Crippen molar-refractivity contribution in [2.75, 3.05) is 39.4 Å². The lowest BCUT2D eigenvalue weighted by Gasteiger charge is -2.32. The normalized spacial score (nSPS) is 15.7. The highest BCUT2D eigenvalue weighted by atomic mass is 127. The number of benzene rings is 1. The number of nitrogens with zero attached hydrogens (tertiary/aromatic N) is 2. The first-order chi connectivity index (χ1) is 14.0. The number of aliphatic imine (C=N–C) groups is 1. The average Bonchev–Trinajstić information content (AvgIpc) is 2.71. The fourth-order valence-corrected chi connectivity index (χ4v) is 3.08. The minimum atomic E-state index is -0.698. The summed E-state index contributed by atoms with van der Waals surface area (Å²) in [6.45, 7) is 8.66. The van der Waals surface area contributed by atoms with E-state index < -0.39 is 6.10 Å². The summed E-state index contributed by atoms with van der Waals surface area (Å²) in [5, 5.41) is 16.8. The largest absolute Gasteiger partial charge is 0.491 e. The molecule has 0 aromatic heterocycles. The second-order valence-electron chi connectivity index (χ2n) is 7.11. The summed E-state index contributed by atoms with van der Waals surface area (Å²) in [5.41, 5.74) is 1.11. The van der Waals surface area contributed by atoms with Gasteiger partial charge in [0.15, 0.2) is 5.96 Å². The number of hydrogen-bond acceptors (Lipinski definition) is 5. The van der Waals surface area contributed by atoms with E-state index in [0.29, 0.717) is 25.7 Å². The second-order valence-corrected chi connectivity index (χ2v) is 7.11. The first-order valence-electron chi connectivity index (χ1n) is 10.4. The van der Waals surface area contributed by atoms with Crippen LogP contribution in [-0.2, 0) is 4.74 Å². The zero-order chi connectivity index (χ0) is 21.1. The Morgan fingerprint density at radius 2 is 2.07 bits per heavy atom. The Labute approximate surface area is 196 Å². The van der Waals surface area contributed by atoms with Crippen LogP contribution in [0.5, 0.6) is 5.75 Å². The summed E-state index contributed by atoms with van der Waals surface area (Å²) in [5.74, 6) is 1.41. The van der Waals surface area contributed by atoms with Crippen molar-refractivity contribution >= 4 is 36.0 Å². The molecule has 30 heavy (non-hydrogen) atoms. The third kappa shape index (κ3) is 9.38. The molecule has 1 aromatic rings. The molecule has 1 unspecified atom stereocenters. The third-order valence-corrected chi connectivity index (χ3v) is 4.60. The Morgan fingerprint density at radius 3 is 2.70 bits per heavy atom. The van der Waals surface area contributed by atoms with E-state index in [2.05, 4.69) is 15.6 Å². The fourth-order valence-electron chi connectivity index (χ4n) is 3.08. The molecule has 0 saturated carbocycles. The number of halogens is 1. The summed E-state index contributed by atoms with van der Waals surface area (Å²) >= 11 is 0. The van der Waals surface area contributed by atoms with Gasteiger partial charge < -0.3 is 30.1 Å². The highest BCUT2D eigenvalue weighted by molar-refractivity contribution is 14.0. The van der Waals surface area contributed by atoms with Gasteiger partial charge in [0.05, 0.1) is 13.2 Å². The standard InChI is InChI=1S/C21H34N4O4.HI/c1-4-22-20(24-17-9-11-25(12-10-17)21(27)28-5-2)23-14-18(26)15-29-19-8-6-7-16(3)13-19;/h6-8,13,17-18,26H,4-5,9-12,14-15H2,1-3H3,(H2,22,23,24);1H. The molecule has 170 valence electrons. The van der Waals surface area contributed by atoms with Crippen LogP contribution >= 0.6 is 24.0 Å². The second kappa shape index (κ2) is 14.3. The van der Waals surface area contributed by atoms with Gasteiger partial charge in [-0.15, -0.1) is 24.0 Å². The van der Waals surface area contributed by atoms with Gasteiger partial charge in [0.1, 0.15) is 18.5 Å². The summed E-state index contributed by atoms with van der Waals surface area (Å²) in [6, 6.07) is 7.95. The highest BCUT2D eigenvalue weighted by Gasteiger charge is 2.24. The van der Waals surface area contributed by atoms with E-state index in [9.17, 15) is 9.90 Å². The number of carbonyl (C=O) groups is 1. The molecule has 8 nitrogen and oxygen atoms in total. The molecule has 1 saturated heterocycles. The van der Waals surface area contributed by atoms with Crippen molar-refractivity contribution in [3.05, 3.63) is 29.8 Å². The maximum atomic E-state index is 11.8. The predicted molar refractivity (Wildman–Crippen MR) is 129 cm³/mol. The number of hydrogen-bond donors (Lipinski definition) is 3. The minimum absolute atomic E-state index is 0. The first-order valence-corrected chi connectivity index (χ1v) is 10.4. The van der Waals surface area contributed by atoms with Gasteiger partial charge >= 0.3 is 6.09 Å². The number of aliphatic hydroxyl groups is 1. The number of aliphatic hydroxyl groups excluding tert-OH is 1. The molecule has 1 atom stereocenters. The molecule has 0 bridgehead atoms. The molecule has 1 fully saturated rings. The topological polar surface area (TPSA) is 95.4 Å². The van der Waals surface area contributed by atoms with Gasteiger partial charge in [-0.2, -0.15) is 0 Å². The molecule has 2 rings (SSSR count). The Kier molecular flexibility index (Phi) is 12.5. The molecule has 1 amide bonds.